The first-order valence-electron chi connectivity index (χ1n) is 7.23. The highest BCUT2D eigenvalue weighted by molar-refractivity contribution is 5.92. The molecule has 1 aromatic rings. The van der Waals surface area contributed by atoms with Crippen molar-refractivity contribution in [3.8, 4) is 0 Å². The van der Waals surface area contributed by atoms with Crippen LogP contribution in [0, 0.1) is 5.41 Å². The van der Waals surface area contributed by atoms with E-state index in [9.17, 15) is 9.59 Å². The van der Waals surface area contributed by atoms with Gasteiger partial charge in [0, 0.05) is 31.2 Å². The van der Waals surface area contributed by atoms with Crippen molar-refractivity contribution in [1.29, 1.82) is 0 Å². The molecule has 2 saturated heterocycles. The topological polar surface area (TPSA) is 78.1 Å². The summed E-state index contributed by atoms with van der Waals surface area (Å²) in [6, 6.07) is 0. The van der Waals surface area contributed by atoms with Crippen LogP contribution in [0.3, 0.4) is 0 Å². The van der Waals surface area contributed by atoms with Crippen molar-refractivity contribution in [1.82, 2.24) is 20.2 Å². The standard InChI is InChI=1S/C14H20N4O2/c19-12-8-16-11(7-17-12)13(20)18-6-2-4-14(10-18)3-1-5-15-9-14/h7-8,15H,1-6,9-10H2,(H,17,19). The molecule has 20 heavy (non-hydrogen) atoms. The van der Waals surface area contributed by atoms with Crippen molar-refractivity contribution in [2.45, 2.75) is 25.7 Å². The Balaban J connectivity index is 1.74. The van der Waals surface area contributed by atoms with Crippen LogP contribution in [0.15, 0.2) is 17.2 Å². The van der Waals surface area contributed by atoms with Gasteiger partial charge in [0.1, 0.15) is 5.69 Å². The number of aromatic nitrogens is 2. The lowest BCUT2D eigenvalue weighted by molar-refractivity contribution is 0.0428. The van der Waals surface area contributed by atoms with Crippen molar-refractivity contribution in [3.63, 3.8) is 0 Å². The van der Waals surface area contributed by atoms with Gasteiger partial charge >= 0.3 is 0 Å². The number of aromatic amines is 1. The number of likely N-dealkylation sites (tertiary alicyclic amines) is 1. The Morgan fingerprint density at radius 2 is 2.20 bits per heavy atom. The molecule has 2 aliphatic heterocycles. The van der Waals surface area contributed by atoms with Crippen LogP contribution in [0.25, 0.3) is 0 Å². The largest absolute Gasteiger partial charge is 0.337 e. The molecule has 0 radical (unpaired) electrons. The van der Waals surface area contributed by atoms with Crippen molar-refractivity contribution < 1.29 is 4.79 Å². The molecule has 1 atom stereocenters. The van der Waals surface area contributed by atoms with Gasteiger partial charge in [-0.1, -0.05) is 0 Å². The Bertz CT molecular complexity index is 522. The van der Waals surface area contributed by atoms with Gasteiger partial charge in [-0.15, -0.1) is 0 Å². The van der Waals surface area contributed by atoms with Crippen LogP contribution in [0.1, 0.15) is 36.2 Å². The van der Waals surface area contributed by atoms with Gasteiger partial charge in [0.25, 0.3) is 11.5 Å². The van der Waals surface area contributed by atoms with E-state index >= 15 is 0 Å². The highest BCUT2D eigenvalue weighted by atomic mass is 16.2. The summed E-state index contributed by atoms with van der Waals surface area (Å²) in [5, 5.41) is 3.45. The van der Waals surface area contributed by atoms with Crippen molar-refractivity contribution in [3.05, 3.63) is 28.4 Å². The second-order valence-corrected chi connectivity index (χ2v) is 5.91. The van der Waals surface area contributed by atoms with Gasteiger partial charge in [-0.3, -0.25) is 9.59 Å². The van der Waals surface area contributed by atoms with E-state index in [0.29, 0.717) is 5.69 Å². The number of carbonyl (C=O) groups excluding carboxylic acids is 1. The van der Waals surface area contributed by atoms with Crippen molar-refractivity contribution >= 4 is 5.91 Å². The van der Waals surface area contributed by atoms with Gasteiger partial charge in [-0.25, -0.2) is 4.98 Å². The van der Waals surface area contributed by atoms with Crippen LogP contribution in [-0.4, -0.2) is 47.0 Å². The van der Waals surface area contributed by atoms with Crippen LogP contribution in [0.2, 0.25) is 0 Å². The highest BCUT2D eigenvalue weighted by Gasteiger charge is 2.38. The number of piperidine rings is 2. The molecule has 3 heterocycles. The summed E-state index contributed by atoms with van der Waals surface area (Å²) in [4.78, 5) is 31.8. The molecule has 1 unspecified atom stereocenters. The number of amides is 1. The Morgan fingerprint density at radius 3 is 2.90 bits per heavy atom. The Morgan fingerprint density at radius 1 is 1.35 bits per heavy atom. The van der Waals surface area contributed by atoms with E-state index in [1.165, 1.54) is 25.5 Å². The second kappa shape index (κ2) is 5.36. The van der Waals surface area contributed by atoms with E-state index in [4.69, 9.17) is 0 Å². The summed E-state index contributed by atoms with van der Waals surface area (Å²) >= 11 is 0. The van der Waals surface area contributed by atoms with Gasteiger partial charge in [0.05, 0.1) is 6.20 Å². The Kier molecular flexibility index (Phi) is 3.56. The third-order valence-corrected chi connectivity index (χ3v) is 4.40. The molecule has 0 aliphatic carbocycles. The maximum atomic E-state index is 12.5. The normalized spacial score (nSPS) is 26.7. The van der Waals surface area contributed by atoms with Crippen molar-refractivity contribution in [2.24, 2.45) is 5.41 Å². The Labute approximate surface area is 117 Å². The van der Waals surface area contributed by atoms with E-state index in [-0.39, 0.29) is 16.9 Å². The molecule has 1 amide bonds. The molecule has 6 heteroatoms. The maximum Gasteiger partial charge on any atom is 0.273 e. The monoisotopic (exact) mass is 276 g/mol. The number of rotatable bonds is 1. The fraction of sp³-hybridized carbons (Fsp3) is 0.643. The smallest absolute Gasteiger partial charge is 0.273 e. The average Bonchev–Trinajstić information content (AvgIpc) is 2.48. The number of nitrogens with one attached hydrogen (secondary N) is 2. The number of H-pyrrole nitrogens is 1. The molecule has 1 spiro atoms. The zero-order valence-electron chi connectivity index (χ0n) is 11.5. The first-order valence-corrected chi connectivity index (χ1v) is 7.23. The zero-order valence-corrected chi connectivity index (χ0v) is 11.5. The highest BCUT2D eigenvalue weighted by Crippen LogP contribution is 2.36. The van der Waals surface area contributed by atoms with Gasteiger partial charge < -0.3 is 15.2 Å². The Hall–Kier alpha value is -1.69. The summed E-state index contributed by atoms with van der Waals surface area (Å²) < 4.78 is 0. The van der Waals surface area contributed by atoms with E-state index in [2.05, 4.69) is 15.3 Å². The van der Waals surface area contributed by atoms with E-state index in [1.54, 1.807) is 0 Å². The van der Waals surface area contributed by atoms with E-state index in [0.717, 1.165) is 38.8 Å². The summed E-state index contributed by atoms with van der Waals surface area (Å²) in [5.74, 6) is -0.0779. The van der Waals surface area contributed by atoms with Crippen LogP contribution in [-0.2, 0) is 0 Å². The molecular formula is C14H20N4O2. The molecule has 3 rings (SSSR count). The summed E-state index contributed by atoms with van der Waals surface area (Å²) in [6.07, 6.45) is 7.15. The minimum absolute atomic E-state index is 0.0779. The molecule has 108 valence electrons. The number of hydrogen-bond donors (Lipinski definition) is 2. The van der Waals surface area contributed by atoms with Gasteiger partial charge in [0.15, 0.2) is 0 Å². The maximum absolute atomic E-state index is 12.5. The fourth-order valence-corrected chi connectivity index (χ4v) is 3.38. The van der Waals surface area contributed by atoms with Gasteiger partial charge in [0.2, 0.25) is 0 Å². The molecule has 0 aromatic carbocycles. The summed E-state index contributed by atoms with van der Waals surface area (Å²) in [7, 11) is 0. The van der Waals surface area contributed by atoms with Crippen molar-refractivity contribution in [2.75, 3.05) is 26.2 Å². The van der Waals surface area contributed by atoms with Crippen LogP contribution in [0.5, 0.6) is 0 Å². The van der Waals surface area contributed by atoms with Gasteiger partial charge in [-0.05, 0) is 32.2 Å². The molecular weight excluding hydrogens is 256 g/mol. The average molecular weight is 276 g/mol. The molecule has 2 N–H and O–H groups in total. The predicted octanol–water partition coefficient (Wildman–Crippen LogP) is 0.376. The third-order valence-electron chi connectivity index (χ3n) is 4.40. The number of nitrogens with zero attached hydrogens (tertiary/aromatic N) is 2. The van der Waals surface area contributed by atoms with Gasteiger partial charge in [-0.2, -0.15) is 0 Å². The lowest BCUT2D eigenvalue weighted by Gasteiger charge is -2.45. The minimum Gasteiger partial charge on any atom is -0.337 e. The van der Waals surface area contributed by atoms with Crippen LogP contribution >= 0.6 is 0 Å². The van der Waals surface area contributed by atoms with Crippen LogP contribution in [0.4, 0.5) is 0 Å². The first-order chi connectivity index (χ1) is 9.69. The first kappa shape index (κ1) is 13.3. The quantitative estimate of drug-likeness (QED) is 0.777. The molecule has 1 aromatic heterocycles. The zero-order chi connectivity index (χ0) is 14.0. The molecule has 2 fully saturated rings. The summed E-state index contributed by atoms with van der Waals surface area (Å²) in [6.45, 7) is 3.65. The SMILES string of the molecule is O=C(c1c[nH]c(=O)cn1)N1CCCC2(CCCNC2)C1. The molecule has 0 bridgehead atoms. The summed E-state index contributed by atoms with van der Waals surface area (Å²) in [5.41, 5.74) is 0.271. The number of hydrogen-bond acceptors (Lipinski definition) is 4. The molecule has 0 saturated carbocycles. The molecule has 6 nitrogen and oxygen atoms in total. The fourth-order valence-electron chi connectivity index (χ4n) is 3.38. The lowest BCUT2D eigenvalue weighted by atomic mass is 9.74. The molecule has 2 aliphatic rings. The second-order valence-electron chi connectivity index (χ2n) is 5.91. The predicted molar refractivity (Wildman–Crippen MR) is 74.5 cm³/mol. The third kappa shape index (κ3) is 2.60. The lowest BCUT2D eigenvalue weighted by Crippen LogP contribution is -2.52. The van der Waals surface area contributed by atoms with E-state index in [1.807, 2.05) is 4.90 Å². The van der Waals surface area contributed by atoms with E-state index < -0.39 is 0 Å². The number of carbonyl (C=O) groups is 1. The minimum atomic E-state index is -0.284. The van der Waals surface area contributed by atoms with Crippen LogP contribution < -0.4 is 10.9 Å².